The Hall–Kier alpha value is -11.2. The molecule has 6 aromatic rings. The van der Waals surface area contributed by atoms with E-state index in [9.17, 15) is 88.2 Å². The van der Waals surface area contributed by atoms with Crippen LogP contribution in [0, 0.1) is 5.41 Å². The number of phenols is 2. The van der Waals surface area contributed by atoms with Crippen LogP contribution in [0.5, 0.6) is 11.5 Å². The molecule has 37 heteroatoms. The third kappa shape index (κ3) is 29.0. The summed E-state index contributed by atoms with van der Waals surface area (Å²) >= 11 is 2.66. The summed E-state index contributed by atoms with van der Waals surface area (Å²) in [4.78, 5) is 201. The van der Waals surface area contributed by atoms with Gasteiger partial charge in [-0.1, -0.05) is 82.6 Å². The summed E-state index contributed by atoms with van der Waals surface area (Å²) in [6.07, 6.45) is -0.493. The second-order valence-corrected chi connectivity index (χ2v) is 31.4. The van der Waals surface area contributed by atoms with E-state index in [4.69, 9.17) is 5.73 Å². The zero-order chi connectivity index (χ0) is 84.1. The summed E-state index contributed by atoms with van der Waals surface area (Å²) in [7, 11) is 0. The third-order valence-electron chi connectivity index (χ3n) is 18.8. The lowest BCUT2D eigenvalue weighted by atomic mass is 9.85. The largest absolute Gasteiger partial charge is 0.508 e. The molecule has 0 spiro atoms. The predicted molar refractivity (Wildman–Crippen MR) is 425 cm³/mol. The van der Waals surface area contributed by atoms with Gasteiger partial charge in [-0.3, -0.25) is 62.3 Å². The van der Waals surface area contributed by atoms with E-state index < -0.39 is 174 Å². The number of nitrogens with two attached hydrogens (primary N) is 1. The van der Waals surface area contributed by atoms with E-state index in [0.29, 0.717) is 50.7 Å². The number of phenolic OH excluding ortho intramolecular Hbond substituents is 2. The van der Waals surface area contributed by atoms with Crippen molar-refractivity contribution in [3.05, 3.63) is 143 Å². The first-order chi connectivity index (χ1) is 54.7. The Morgan fingerprint density at radius 2 is 1.04 bits per heavy atom. The maximum absolute atomic E-state index is 15.2. The first kappa shape index (κ1) is 91.0. The Morgan fingerprint density at radius 1 is 0.557 bits per heavy atom. The van der Waals surface area contributed by atoms with Crippen molar-refractivity contribution in [2.45, 2.75) is 209 Å². The van der Waals surface area contributed by atoms with Crippen molar-refractivity contribution >= 4 is 111 Å². The number of amides is 12. The van der Waals surface area contributed by atoms with Gasteiger partial charge in [-0.2, -0.15) is 23.5 Å². The second-order valence-electron chi connectivity index (χ2n) is 29.2. The number of carbonyl (C=O) groups is 13. The van der Waals surface area contributed by atoms with E-state index in [2.05, 4.69) is 78.4 Å². The van der Waals surface area contributed by atoms with Crippen LogP contribution in [0.2, 0.25) is 0 Å². The number of hydrogen-bond donors (Lipinski definition) is 20. The van der Waals surface area contributed by atoms with Gasteiger partial charge in [0.15, 0.2) is 0 Å². The van der Waals surface area contributed by atoms with E-state index >= 15 is 4.79 Å². The molecule has 2 bridgehead atoms. The molecule has 3 aromatic carbocycles. The maximum Gasteiger partial charge on any atom is 0.303 e. The van der Waals surface area contributed by atoms with Gasteiger partial charge in [-0.25, -0.2) is 9.97 Å². The van der Waals surface area contributed by atoms with Crippen molar-refractivity contribution in [2.24, 2.45) is 11.1 Å². The van der Waals surface area contributed by atoms with E-state index in [1.807, 2.05) is 24.3 Å². The number of aromatic amines is 2. The van der Waals surface area contributed by atoms with Gasteiger partial charge < -0.3 is 105 Å². The highest BCUT2D eigenvalue weighted by Gasteiger charge is 2.40. The molecule has 0 radical (unpaired) electrons. The van der Waals surface area contributed by atoms with Crippen LogP contribution in [0.3, 0.4) is 0 Å². The van der Waals surface area contributed by atoms with E-state index in [-0.39, 0.29) is 88.1 Å². The number of nitrogens with one attached hydrogen (secondary N) is 13. The summed E-state index contributed by atoms with van der Waals surface area (Å²) in [5, 5.41) is 91.9. The number of imidazole rings is 1. The molecule has 7 rings (SSSR count). The number of unbranched alkanes of at least 4 members (excludes halogenated alkanes) is 1. The Morgan fingerprint density at radius 3 is 1.57 bits per heavy atom. The number of primary amides is 1. The van der Waals surface area contributed by atoms with Crippen molar-refractivity contribution in [1.82, 2.24) is 78.4 Å². The first-order valence-electron chi connectivity index (χ1n) is 37.7. The number of aliphatic hydroxyl groups is 3. The van der Waals surface area contributed by atoms with Crippen molar-refractivity contribution in [3.8, 4) is 11.5 Å². The number of carboxylic acid groups (broad SMARTS) is 1. The van der Waals surface area contributed by atoms with Crippen molar-refractivity contribution in [3.63, 3.8) is 0 Å². The normalized spacial score (nSPS) is 23.3. The molecule has 13 atom stereocenters. The molecule has 0 unspecified atom stereocenters. The number of aliphatic carboxylic acids is 1. The van der Waals surface area contributed by atoms with E-state index in [1.54, 1.807) is 39.8 Å². The molecule has 622 valence electrons. The monoisotopic (exact) mass is 1630 g/mol. The molecule has 115 heavy (non-hydrogen) atoms. The lowest BCUT2D eigenvalue weighted by Crippen LogP contribution is -2.63. The number of aliphatic hydroxyl groups excluding tert-OH is 3. The fourth-order valence-corrected chi connectivity index (χ4v) is 14.3. The Labute approximate surface area is 672 Å². The number of H-pyrrole nitrogens is 2. The highest BCUT2D eigenvalue weighted by atomic mass is 32.2. The van der Waals surface area contributed by atoms with E-state index in [1.165, 1.54) is 104 Å². The molecule has 0 saturated carbocycles. The average molecular weight is 1630 g/mol. The molecular formula is C78H104N16O19S2. The van der Waals surface area contributed by atoms with Crippen LogP contribution in [-0.2, 0) is 99.5 Å². The lowest BCUT2D eigenvalue weighted by Gasteiger charge is -2.32. The number of benzene rings is 3. The number of nitrogens with zero attached hydrogens (tertiary/aromatic N) is 2. The summed E-state index contributed by atoms with van der Waals surface area (Å²) in [5.41, 5.74) is 8.32. The number of hydrogen-bond acceptors (Lipinski definition) is 22. The van der Waals surface area contributed by atoms with Crippen molar-refractivity contribution in [2.75, 3.05) is 18.1 Å². The molecule has 35 nitrogen and oxygen atoms in total. The van der Waals surface area contributed by atoms with Gasteiger partial charge in [0, 0.05) is 97.8 Å². The Kier molecular flexibility index (Phi) is 35.2. The molecule has 21 N–H and O–H groups in total. The minimum absolute atomic E-state index is 0.0319. The van der Waals surface area contributed by atoms with Crippen molar-refractivity contribution in [1.29, 1.82) is 0 Å². The fraction of sp³-hybridized carbons (Fsp3) is 0.474. The summed E-state index contributed by atoms with van der Waals surface area (Å²) < 4.78 is 0. The van der Waals surface area contributed by atoms with Gasteiger partial charge in [0.2, 0.25) is 70.9 Å². The molecule has 1 aliphatic heterocycles. The molecular weight excluding hydrogens is 1530 g/mol. The van der Waals surface area contributed by atoms with Gasteiger partial charge in [0.05, 0.1) is 18.5 Å². The highest BCUT2D eigenvalue weighted by Crippen LogP contribution is 2.25. The van der Waals surface area contributed by atoms with Gasteiger partial charge in [-0.05, 0) is 116 Å². The number of pyridine rings is 1. The molecule has 0 saturated heterocycles. The molecule has 4 heterocycles. The molecule has 0 fully saturated rings. The number of thioether (sulfide) groups is 2. The minimum atomic E-state index is -1.93. The van der Waals surface area contributed by atoms with Gasteiger partial charge in [0.25, 0.3) is 0 Å². The SMILES string of the molecule is CCC[C@@H]1NC(=O)[C@H](Cc2ccc(O)cc2)NC(=O)[C@H](CCC(=O)O)NC(=O)[C@H](CCCCO)NC(=O)[C@H](Cc2c[nH]c3ncccc23)NC(=O)[C@H]([C@@H](C)O)NC(=O)[C@H](Cc2cnc[nH]2)NC(=O)[C@H](Cc2ccc(O)cc2)NC(=O)[C@H](C(C)(C)C)NC(=O)CCSCc2cccc(c2)CSC[C@@H](C(N)=O)NC(=O)[C@H]([C@@H](C)O)NC1=O. The van der Waals surface area contributed by atoms with E-state index in [0.717, 1.165) is 18.1 Å². The topological polar surface area (TPSA) is 559 Å². The number of carboxylic acids is 1. The standard InChI is InChI=1S/C78H104N16O19S2/c1-7-12-53-70(106)93-64(43(3)97)76(112)91-60(66(79)103)40-115-39-47-14-10-13-46(31-47)38-114-30-27-61(100)92-65(78(4,5)6)77(113)90-57(33-45-19-23-51(99)24-20-45)72(108)88-59(35-49-37-80-41-83-49)74(110)94-63(42(2)96)75(111)89-58(34-48-36-82-67-52(48)15-11-28-81-67)73(109)85-54(16-8-9-29-95)68(104)86-55(25-26-62(101)102)69(105)87-56(71(107)84-53)32-44-17-21-50(98)22-18-44/h10-11,13-15,17-24,28,31,36-37,41-43,53-60,63-65,95-99H,7-9,12,16,25-27,29-30,32-35,38-40H2,1-6H3,(H2,79,103)(H,80,83)(H,81,82)(H,84,107)(H,85,109)(H,86,104)(H,87,105)(H,88,108)(H,89,111)(H,90,113)(H,91,112)(H,92,100)(H,93,106)(H,94,110)(H,101,102)/t42-,43-,53+,54+,55+,56+,57+,58+,59+,60+,63+,64+,65-/m1/s1. The number of aromatic hydroxyl groups is 2. The molecule has 0 aliphatic carbocycles. The zero-order valence-electron chi connectivity index (χ0n) is 64.7. The number of aromatic nitrogens is 4. The number of fused-ring (bicyclic) bond motifs is 3. The van der Waals surface area contributed by atoms with Crippen LogP contribution >= 0.6 is 23.5 Å². The minimum Gasteiger partial charge on any atom is -0.508 e. The van der Waals surface area contributed by atoms with Crippen molar-refractivity contribution < 1.29 is 93.0 Å². The van der Waals surface area contributed by atoms with Crippen LogP contribution in [0.1, 0.15) is 126 Å². The molecule has 12 amide bonds. The Bertz CT molecular complexity index is 4310. The summed E-state index contributed by atoms with van der Waals surface area (Å²) in [6.45, 7) is 8.76. The predicted octanol–water partition coefficient (Wildman–Crippen LogP) is -0.00860. The zero-order valence-corrected chi connectivity index (χ0v) is 66.3. The van der Waals surface area contributed by atoms with Crippen LogP contribution in [0.25, 0.3) is 11.0 Å². The lowest BCUT2D eigenvalue weighted by molar-refractivity contribution is -0.139. The summed E-state index contributed by atoms with van der Waals surface area (Å²) in [5.74, 6) is -12.5. The van der Waals surface area contributed by atoms with Gasteiger partial charge in [0.1, 0.15) is 83.6 Å². The number of rotatable bonds is 20. The second kappa shape index (κ2) is 44.5. The van der Waals surface area contributed by atoms with Crippen LogP contribution in [-0.4, -0.2) is 224 Å². The van der Waals surface area contributed by atoms with Crippen LogP contribution in [0.15, 0.2) is 110 Å². The summed E-state index contributed by atoms with van der Waals surface area (Å²) in [6, 6.07) is 4.15. The fourth-order valence-electron chi connectivity index (χ4n) is 12.4. The smallest absolute Gasteiger partial charge is 0.303 e. The third-order valence-corrected chi connectivity index (χ3v) is 20.9. The maximum atomic E-state index is 15.2. The van der Waals surface area contributed by atoms with Gasteiger partial charge >= 0.3 is 5.97 Å². The first-order valence-corrected chi connectivity index (χ1v) is 40.0. The number of carbonyl (C=O) groups excluding carboxylic acids is 12. The average Bonchev–Trinajstić information content (AvgIpc) is 1.70. The molecule has 1 aliphatic rings. The van der Waals surface area contributed by atoms with Gasteiger partial charge in [-0.15, -0.1) is 0 Å². The highest BCUT2D eigenvalue weighted by molar-refractivity contribution is 7.98. The Balaban J connectivity index is 1.26. The van der Waals surface area contributed by atoms with Crippen LogP contribution < -0.4 is 64.2 Å². The van der Waals surface area contributed by atoms with Crippen LogP contribution in [0.4, 0.5) is 0 Å². The quantitative estimate of drug-likeness (QED) is 0.0447. The molecule has 3 aromatic heterocycles.